The van der Waals surface area contributed by atoms with Crippen molar-refractivity contribution in [3.8, 4) is 22.3 Å². The molecule has 446 valence electrons. The van der Waals surface area contributed by atoms with E-state index in [-0.39, 0.29) is 37.1 Å². The number of aryl methyl sites for hydroxylation is 1. The van der Waals surface area contributed by atoms with Crippen LogP contribution in [0.1, 0.15) is 131 Å². The predicted molar refractivity (Wildman–Crippen MR) is 307 cm³/mol. The number of methoxy groups -OCH3 is 4. The van der Waals surface area contributed by atoms with Crippen LogP contribution in [0.2, 0.25) is 0 Å². The van der Waals surface area contributed by atoms with Crippen LogP contribution < -0.4 is 34.1 Å². The van der Waals surface area contributed by atoms with Gasteiger partial charge in [-0.1, -0.05) is 57.4 Å². The van der Waals surface area contributed by atoms with E-state index < -0.39 is 73.9 Å². The summed E-state index contributed by atoms with van der Waals surface area (Å²) in [4.78, 5) is 109. The zero-order valence-electron chi connectivity index (χ0n) is 46.4. The highest BCUT2D eigenvalue weighted by atomic mass is 16.5. The van der Waals surface area contributed by atoms with Crippen LogP contribution in [0.5, 0.6) is 0 Å². The number of aliphatic carboxylic acids is 4. The second-order valence-electron chi connectivity index (χ2n) is 19.7. The number of rotatable bonds is 17. The molecule has 7 aliphatic rings. The first-order valence-corrected chi connectivity index (χ1v) is 26.0. The van der Waals surface area contributed by atoms with Gasteiger partial charge >= 0.3 is 23.9 Å². The van der Waals surface area contributed by atoms with Crippen molar-refractivity contribution >= 4 is 107 Å². The second kappa shape index (κ2) is 26.2. The molecule has 22 nitrogen and oxygen atoms in total. The number of carboxylic acids is 4. The summed E-state index contributed by atoms with van der Waals surface area (Å²) < 4.78 is 27.2. The minimum absolute atomic E-state index is 0. The second-order valence-corrected chi connectivity index (χ2v) is 19.7. The molecule has 87 heavy (non-hydrogen) atoms. The molecule has 0 unspecified atom stereocenters. The number of aromatic nitrogens is 5. The standard InChI is InChI=1S/C38H29N3O11.C25H22N2O6.2CH4/c1-20-6-23(35-27(20)11-40(17-33(45)46)14-30(35)37(49)51-2)8-22-9-24(36-29(22)13-41(18-34(47)48)15-31(36)38(50)52-3)7-21-4-5-26-25(19-42)10-39(12-28(21)26)16-32(43)44;1-4-26-10-17-6-5-16(23(17)21(13-26)25(31)33-3)9-15-7-8-18-19(15)11-27(14-22(28)29)12-20(18)24(30)32-2;;/h4-15,19H,16-18H2,1-3H3,(H-2,43,44,45,46,47,48);5-13H,4,14H2,1-3H3;2*1H4/p-1. The lowest BCUT2D eigenvalue weighted by Gasteiger charge is -2.16. The molecule has 0 radical (unpaired) electrons. The lowest BCUT2D eigenvalue weighted by Crippen LogP contribution is -2.44. The van der Waals surface area contributed by atoms with E-state index in [9.17, 15) is 63.6 Å². The number of esters is 4. The lowest BCUT2D eigenvalue weighted by atomic mass is 9.96. The molecule has 0 saturated heterocycles. The van der Waals surface area contributed by atoms with E-state index in [0.29, 0.717) is 90.7 Å². The summed E-state index contributed by atoms with van der Waals surface area (Å²) in [5, 5.41) is 45.6. The zero-order chi connectivity index (χ0) is 61.1. The number of carbonyl (C=O) groups excluding carboxylic acids is 9. The fourth-order valence-corrected chi connectivity index (χ4v) is 10.7. The Balaban J connectivity index is 0.000000267. The van der Waals surface area contributed by atoms with Gasteiger partial charge in [0.1, 0.15) is 29.0 Å². The Morgan fingerprint density at radius 2 is 0.977 bits per heavy atom. The summed E-state index contributed by atoms with van der Waals surface area (Å²) in [7, 11) is 5.00. The van der Waals surface area contributed by atoms with Crippen molar-refractivity contribution in [2.45, 2.75) is 61.4 Å². The number of allylic oxidation sites excluding steroid dienone is 7. The summed E-state index contributed by atoms with van der Waals surface area (Å²) in [6.45, 7) is 2.46. The molecule has 5 aliphatic carbocycles. The number of carboxylic acid groups (broad SMARTS) is 4. The normalized spacial score (nSPS) is 13.6. The van der Waals surface area contributed by atoms with Crippen LogP contribution in [-0.4, -0.2) is 91.6 Å². The van der Waals surface area contributed by atoms with Crippen LogP contribution in [0.15, 0.2) is 98.4 Å². The van der Waals surface area contributed by atoms with Crippen LogP contribution in [0.4, 0.5) is 0 Å². The largest absolute Gasteiger partial charge is 0.548 e. The first-order valence-electron chi connectivity index (χ1n) is 26.0. The van der Waals surface area contributed by atoms with Crippen molar-refractivity contribution in [2.75, 3.05) is 28.4 Å². The molecular weight excluding hydrogens is 1120 g/mol. The van der Waals surface area contributed by atoms with E-state index in [0.717, 1.165) is 22.3 Å². The fourth-order valence-electron chi connectivity index (χ4n) is 10.7. The van der Waals surface area contributed by atoms with Gasteiger partial charge in [-0.2, -0.15) is 13.7 Å². The Kier molecular flexibility index (Phi) is 19.1. The number of ether oxygens (including phenoxy) is 4. The van der Waals surface area contributed by atoms with E-state index in [2.05, 4.69) is 0 Å². The Hall–Kier alpha value is -11.2. The molecular formula is C65H58N5O17-. The third-order valence-electron chi connectivity index (χ3n) is 14.3. The van der Waals surface area contributed by atoms with E-state index >= 15 is 0 Å². The van der Waals surface area contributed by atoms with Crippen LogP contribution >= 0.6 is 0 Å². The van der Waals surface area contributed by atoms with Gasteiger partial charge in [-0.15, -0.1) is 0 Å². The molecule has 0 N–H and O–H groups in total. The molecule has 0 amide bonds. The van der Waals surface area contributed by atoms with Crippen molar-refractivity contribution < 1.29 is 96.2 Å². The topological polar surface area (TPSA) is 304 Å². The molecule has 0 bridgehead atoms. The minimum Gasteiger partial charge on any atom is -0.548 e. The third-order valence-corrected chi connectivity index (χ3v) is 14.3. The van der Waals surface area contributed by atoms with Crippen LogP contribution in [0, 0.1) is 0 Å². The SMILES string of the molecule is C.C.CCn1cc2ccc(/C=C3/C=Cc4c(C(=O)OC)c[n+](CC(=O)[O-])cc43)c-2c(C(=O)OC)c1.COC(=O)c1c[n+](CC(=O)[O-])cc2c1/C(=C\c1cc(/C=C3/C=Cc4c(C=O)c[n+](CC(=O)[O-])cc43)c3c(C(=O)OC)cn(CC(=O)[O-])cc1-3)C=C2C. The molecule has 0 saturated carbocycles. The molecule has 0 atom stereocenters. The summed E-state index contributed by atoms with van der Waals surface area (Å²) >= 11 is 0. The first kappa shape index (κ1) is 63.4. The molecule has 5 heterocycles. The smallest absolute Gasteiger partial charge is 0.344 e. The van der Waals surface area contributed by atoms with Crippen LogP contribution in [-0.2, 0) is 70.8 Å². The number of carbonyl (C=O) groups is 9. The summed E-state index contributed by atoms with van der Waals surface area (Å²) in [5.41, 5.74) is 11.4. The Bertz CT molecular complexity index is 4180. The number of fused-ring (bicyclic) bond motifs is 5. The molecule has 0 fully saturated rings. The highest BCUT2D eigenvalue weighted by Crippen LogP contribution is 2.44. The Morgan fingerprint density at radius 3 is 1.54 bits per heavy atom. The molecule has 0 spiro atoms. The summed E-state index contributed by atoms with van der Waals surface area (Å²) in [6.07, 6.45) is 30.5. The van der Waals surface area contributed by atoms with Crippen LogP contribution in [0.25, 0.3) is 74.9 Å². The third kappa shape index (κ3) is 12.8. The predicted octanol–water partition coefficient (Wildman–Crippen LogP) is 2.39. The first-order chi connectivity index (χ1) is 40.7. The van der Waals surface area contributed by atoms with Crippen molar-refractivity contribution in [1.29, 1.82) is 0 Å². The Labute approximate surface area is 498 Å². The van der Waals surface area contributed by atoms with Crippen molar-refractivity contribution in [1.82, 2.24) is 9.13 Å². The van der Waals surface area contributed by atoms with Gasteiger partial charge in [0.15, 0.2) is 63.1 Å². The maximum absolute atomic E-state index is 13.2. The maximum atomic E-state index is 13.2. The summed E-state index contributed by atoms with van der Waals surface area (Å²) in [5.74, 6) is -7.87. The lowest BCUT2D eigenvalue weighted by molar-refractivity contribution is -0.691. The molecule has 10 rings (SSSR count). The van der Waals surface area contributed by atoms with Crippen molar-refractivity contribution in [3.05, 3.63) is 176 Å². The van der Waals surface area contributed by atoms with E-state index in [1.165, 1.54) is 77.7 Å². The van der Waals surface area contributed by atoms with Gasteiger partial charge < -0.3 is 67.7 Å². The number of hydrogen-bond donors (Lipinski definition) is 0. The number of aldehydes is 1. The molecule has 0 aromatic carbocycles. The number of hydrogen-bond acceptors (Lipinski definition) is 17. The van der Waals surface area contributed by atoms with Gasteiger partial charge in [-0.3, -0.25) is 4.79 Å². The molecule has 3 aromatic heterocycles. The fraction of sp³-hybridized carbons (Fsp3) is 0.200. The molecule has 3 aromatic rings. The van der Waals surface area contributed by atoms with Gasteiger partial charge in [0.25, 0.3) is 0 Å². The highest BCUT2D eigenvalue weighted by Gasteiger charge is 2.32. The Morgan fingerprint density at radius 1 is 0.483 bits per heavy atom. The van der Waals surface area contributed by atoms with Crippen molar-refractivity contribution in [2.24, 2.45) is 0 Å². The monoisotopic (exact) mass is 1180 g/mol. The quantitative estimate of drug-likeness (QED) is 0.0547. The molecule has 2 aliphatic heterocycles. The average molecular weight is 1180 g/mol. The zero-order valence-corrected chi connectivity index (χ0v) is 46.4. The molecule has 22 heteroatoms. The van der Waals surface area contributed by atoms with Crippen LogP contribution in [0.3, 0.4) is 0 Å². The number of nitrogens with zero attached hydrogens (tertiary/aromatic N) is 5. The van der Waals surface area contributed by atoms with Gasteiger partial charge in [0.2, 0.25) is 0 Å². The highest BCUT2D eigenvalue weighted by molar-refractivity contribution is 6.12. The van der Waals surface area contributed by atoms with E-state index in [1.807, 2.05) is 42.0 Å². The van der Waals surface area contributed by atoms with E-state index in [4.69, 9.17) is 18.9 Å². The average Bonchev–Trinajstić information content (AvgIpc) is 1.86. The van der Waals surface area contributed by atoms with Gasteiger partial charge in [0.05, 0.1) is 74.3 Å². The number of pyridine rings is 5. The minimum atomic E-state index is -1.41. The van der Waals surface area contributed by atoms with Gasteiger partial charge in [-0.05, 0) is 82.7 Å². The van der Waals surface area contributed by atoms with Crippen molar-refractivity contribution in [3.63, 3.8) is 0 Å². The summed E-state index contributed by atoms with van der Waals surface area (Å²) in [6, 6.07) is 5.60. The van der Waals surface area contributed by atoms with Gasteiger partial charge in [0, 0.05) is 64.7 Å². The van der Waals surface area contributed by atoms with E-state index in [1.54, 1.807) is 74.2 Å². The maximum Gasteiger partial charge on any atom is 0.344 e. The van der Waals surface area contributed by atoms with Gasteiger partial charge in [-0.25, -0.2) is 19.2 Å².